The van der Waals surface area contributed by atoms with Crippen molar-refractivity contribution in [1.82, 2.24) is 19.7 Å². The Balaban J connectivity index is 1.78. The first-order valence-electron chi connectivity index (χ1n) is 7.82. The van der Waals surface area contributed by atoms with Crippen LogP contribution in [-0.2, 0) is 6.54 Å². The maximum absolute atomic E-state index is 12.5. The first-order valence-corrected chi connectivity index (χ1v) is 8.64. The third-order valence-electron chi connectivity index (χ3n) is 4.04. The van der Waals surface area contributed by atoms with Crippen molar-refractivity contribution in [2.24, 2.45) is 0 Å². The molecule has 0 aliphatic rings. The van der Waals surface area contributed by atoms with Crippen molar-refractivity contribution < 1.29 is 4.79 Å². The van der Waals surface area contributed by atoms with Crippen LogP contribution in [0.1, 0.15) is 52.1 Å². The van der Waals surface area contributed by atoms with Crippen LogP contribution in [0, 0.1) is 13.8 Å². The third-order valence-corrected chi connectivity index (χ3v) is 5.11. The van der Waals surface area contributed by atoms with Crippen LogP contribution in [0.4, 0.5) is 0 Å². The molecule has 0 atom stereocenters. The zero-order chi connectivity index (χ0) is 17.4. The molecule has 0 fully saturated rings. The van der Waals surface area contributed by atoms with Crippen LogP contribution < -0.4 is 10.9 Å². The van der Waals surface area contributed by atoms with Crippen LogP contribution in [0.5, 0.6) is 0 Å². The van der Waals surface area contributed by atoms with Gasteiger partial charge in [0.25, 0.3) is 5.91 Å². The van der Waals surface area contributed by atoms with Gasteiger partial charge in [0.2, 0.25) is 5.56 Å². The standard InChI is InChI=1S/C17H20N4O2S/c1-9(2)15-13(5-6-14(22)20-15)16(23)18-7-12-8-21-10(3)11(4)24-17(21)19-12/h5-6,8-9H,7H2,1-4H3,(H,18,23)(H,20,22). The molecule has 7 heteroatoms. The number of imidazole rings is 1. The first-order chi connectivity index (χ1) is 11.4. The van der Waals surface area contributed by atoms with Crippen molar-refractivity contribution in [3.05, 3.63) is 56.2 Å². The minimum absolute atomic E-state index is 0.0585. The lowest BCUT2D eigenvalue weighted by Gasteiger charge is -2.11. The molecule has 0 radical (unpaired) electrons. The molecule has 0 saturated heterocycles. The summed E-state index contributed by atoms with van der Waals surface area (Å²) < 4.78 is 2.04. The van der Waals surface area contributed by atoms with Crippen LogP contribution in [0.15, 0.2) is 23.1 Å². The molecule has 3 aromatic heterocycles. The molecule has 6 nitrogen and oxygen atoms in total. The van der Waals surface area contributed by atoms with Crippen LogP contribution in [-0.4, -0.2) is 20.3 Å². The molecular weight excluding hydrogens is 324 g/mol. The minimum atomic E-state index is -0.209. The van der Waals surface area contributed by atoms with E-state index in [1.165, 1.54) is 16.6 Å². The highest BCUT2D eigenvalue weighted by molar-refractivity contribution is 7.17. The number of H-pyrrole nitrogens is 1. The van der Waals surface area contributed by atoms with E-state index < -0.39 is 0 Å². The number of rotatable bonds is 4. The Morgan fingerprint density at radius 1 is 1.38 bits per heavy atom. The molecule has 2 N–H and O–H groups in total. The summed E-state index contributed by atoms with van der Waals surface area (Å²) in [6.45, 7) is 8.35. The fourth-order valence-electron chi connectivity index (χ4n) is 2.60. The van der Waals surface area contributed by atoms with E-state index in [2.05, 4.69) is 29.1 Å². The molecule has 3 heterocycles. The van der Waals surface area contributed by atoms with Gasteiger partial charge in [0, 0.05) is 28.5 Å². The second-order valence-corrected chi connectivity index (χ2v) is 7.30. The van der Waals surface area contributed by atoms with Crippen molar-refractivity contribution >= 4 is 22.2 Å². The van der Waals surface area contributed by atoms with Crippen LogP contribution >= 0.6 is 11.3 Å². The van der Waals surface area contributed by atoms with Gasteiger partial charge in [-0.05, 0) is 25.8 Å². The lowest BCUT2D eigenvalue weighted by Crippen LogP contribution is -2.26. The number of amides is 1. The van der Waals surface area contributed by atoms with E-state index in [1.54, 1.807) is 17.4 Å². The second kappa shape index (κ2) is 6.24. The fourth-order valence-corrected chi connectivity index (χ4v) is 3.57. The number of fused-ring (bicyclic) bond motifs is 1. The Bertz CT molecular complexity index is 965. The molecule has 0 spiro atoms. The predicted octanol–water partition coefficient (Wildman–Crippen LogP) is 2.75. The minimum Gasteiger partial charge on any atom is -0.346 e. The van der Waals surface area contributed by atoms with Crippen molar-refractivity contribution in [2.75, 3.05) is 0 Å². The second-order valence-electron chi connectivity index (χ2n) is 6.12. The number of pyridine rings is 1. The van der Waals surface area contributed by atoms with E-state index in [0.29, 0.717) is 17.8 Å². The van der Waals surface area contributed by atoms with Gasteiger partial charge in [-0.15, -0.1) is 11.3 Å². The van der Waals surface area contributed by atoms with Crippen molar-refractivity contribution in [2.45, 2.75) is 40.2 Å². The summed E-state index contributed by atoms with van der Waals surface area (Å²) in [6, 6.07) is 2.95. The van der Waals surface area contributed by atoms with Gasteiger partial charge in [0.1, 0.15) is 0 Å². The molecule has 24 heavy (non-hydrogen) atoms. The average molecular weight is 344 g/mol. The summed E-state index contributed by atoms with van der Waals surface area (Å²) in [6.07, 6.45) is 1.95. The molecule has 0 aliphatic carbocycles. The van der Waals surface area contributed by atoms with Crippen molar-refractivity contribution in [3.8, 4) is 0 Å². The summed E-state index contributed by atoms with van der Waals surface area (Å²) in [5, 5.41) is 2.88. The zero-order valence-electron chi connectivity index (χ0n) is 14.1. The number of carbonyl (C=O) groups excluding carboxylic acids is 1. The summed E-state index contributed by atoms with van der Waals surface area (Å²) in [4.78, 5) is 33.4. The Kier molecular flexibility index (Phi) is 4.28. The van der Waals surface area contributed by atoms with E-state index in [4.69, 9.17) is 0 Å². The molecule has 0 aromatic carbocycles. The van der Waals surface area contributed by atoms with Gasteiger partial charge in [-0.2, -0.15) is 0 Å². The average Bonchev–Trinajstić information content (AvgIpc) is 3.04. The van der Waals surface area contributed by atoms with Crippen LogP contribution in [0.2, 0.25) is 0 Å². The number of aryl methyl sites for hydroxylation is 2. The summed E-state index contributed by atoms with van der Waals surface area (Å²) >= 11 is 1.64. The van der Waals surface area contributed by atoms with Gasteiger partial charge in [0.15, 0.2) is 4.96 Å². The number of hydrogen-bond acceptors (Lipinski definition) is 4. The number of aromatic amines is 1. The molecule has 0 bridgehead atoms. The summed E-state index contributed by atoms with van der Waals surface area (Å²) in [5.74, 6) is -0.151. The van der Waals surface area contributed by atoms with Gasteiger partial charge < -0.3 is 10.3 Å². The SMILES string of the molecule is Cc1sc2nc(CNC(=O)c3ccc(=O)[nH]c3C(C)C)cn2c1C. The molecule has 0 saturated carbocycles. The Morgan fingerprint density at radius 2 is 2.12 bits per heavy atom. The van der Waals surface area contributed by atoms with E-state index in [-0.39, 0.29) is 17.4 Å². The smallest absolute Gasteiger partial charge is 0.253 e. The van der Waals surface area contributed by atoms with E-state index >= 15 is 0 Å². The zero-order valence-corrected chi connectivity index (χ0v) is 15.0. The number of thiazole rings is 1. The summed E-state index contributed by atoms with van der Waals surface area (Å²) in [7, 11) is 0. The number of aromatic nitrogens is 3. The highest BCUT2D eigenvalue weighted by Crippen LogP contribution is 2.21. The topological polar surface area (TPSA) is 79.3 Å². The highest BCUT2D eigenvalue weighted by Gasteiger charge is 2.15. The lowest BCUT2D eigenvalue weighted by atomic mass is 10.0. The first kappa shape index (κ1) is 16.4. The summed E-state index contributed by atoms with van der Waals surface area (Å²) in [5.41, 5.74) is 2.93. The maximum atomic E-state index is 12.5. The van der Waals surface area contributed by atoms with Crippen molar-refractivity contribution in [1.29, 1.82) is 0 Å². The number of nitrogens with one attached hydrogen (secondary N) is 2. The number of nitrogens with zero attached hydrogens (tertiary/aromatic N) is 2. The van der Waals surface area contributed by atoms with Gasteiger partial charge >= 0.3 is 0 Å². The molecule has 126 valence electrons. The van der Waals surface area contributed by atoms with E-state index in [0.717, 1.165) is 10.7 Å². The molecule has 3 rings (SSSR count). The Morgan fingerprint density at radius 3 is 2.79 bits per heavy atom. The van der Waals surface area contributed by atoms with Crippen LogP contribution in [0.25, 0.3) is 4.96 Å². The fraction of sp³-hybridized carbons (Fsp3) is 0.353. The van der Waals surface area contributed by atoms with Crippen molar-refractivity contribution in [3.63, 3.8) is 0 Å². The quantitative estimate of drug-likeness (QED) is 0.764. The number of hydrogen-bond donors (Lipinski definition) is 2. The lowest BCUT2D eigenvalue weighted by molar-refractivity contribution is 0.0948. The highest BCUT2D eigenvalue weighted by atomic mass is 32.1. The van der Waals surface area contributed by atoms with E-state index in [9.17, 15) is 9.59 Å². The maximum Gasteiger partial charge on any atom is 0.253 e. The Hall–Kier alpha value is -2.41. The molecule has 0 aliphatic heterocycles. The Labute approximate surface area is 143 Å². The molecular formula is C17H20N4O2S. The van der Waals surface area contributed by atoms with Gasteiger partial charge in [-0.1, -0.05) is 13.8 Å². The van der Waals surface area contributed by atoms with Gasteiger partial charge in [0.05, 0.1) is 17.8 Å². The van der Waals surface area contributed by atoms with E-state index in [1.807, 2.05) is 24.4 Å². The molecule has 1 amide bonds. The monoisotopic (exact) mass is 344 g/mol. The van der Waals surface area contributed by atoms with Crippen LogP contribution in [0.3, 0.4) is 0 Å². The van der Waals surface area contributed by atoms with Gasteiger partial charge in [-0.3, -0.25) is 14.0 Å². The van der Waals surface area contributed by atoms with Gasteiger partial charge in [-0.25, -0.2) is 4.98 Å². The number of carbonyl (C=O) groups is 1. The third kappa shape index (κ3) is 2.99. The molecule has 3 aromatic rings. The largest absolute Gasteiger partial charge is 0.346 e. The predicted molar refractivity (Wildman–Crippen MR) is 94.9 cm³/mol. The normalized spacial score (nSPS) is 11.4. The molecule has 0 unspecified atom stereocenters.